The second kappa shape index (κ2) is 11.2. The molecule has 0 aliphatic rings. The van der Waals surface area contributed by atoms with Crippen LogP contribution in [-0.2, 0) is 24.1 Å². The number of benzene rings is 3. The molecular formula is C29H27ClN2O3. The summed E-state index contributed by atoms with van der Waals surface area (Å²) >= 11 is 5.91. The van der Waals surface area contributed by atoms with E-state index in [4.69, 9.17) is 11.6 Å². The van der Waals surface area contributed by atoms with Gasteiger partial charge >= 0.3 is 5.97 Å². The Morgan fingerprint density at radius 1 is 0.943 bits per heavy atom. The van der Waals surface area contributed by atoms with E-state index in [1.807, 2.05) is 72.8 Å². The third-order valence-electron chi connectivity index (χ3n) is 6.11. The number of hydrogen-bond donors (Lipinski definition) is 2. The number of nitrogens with zero attached hydrogens (tertiary/aromatic N) is 1. The van der Waals surface area contributed by atoms with E-state index in [0.717, 1.165) is 39.6 Å². The number of carbonyl (C=O) groups excluding carboxylic acids is 1. The number of nitrogens with one attached hydrogen (secondary N) is 1. The fraction of sp³-hybridized carbons (Fsp3) is 0.207. The quantitative estimate of drug-likeness (QED) is 0.317. The number of carboxylic acid groups (broad SMARTS) is 1. The lowest BCUT2D eigenvalue weighted by Crippen LogP contribution is -2.25. The van der Waals surface area contributed by atoms with Crippen LogP contribution >= 0.6 is 11.6 Å². The van der Waals surface area contributed by atoms with Crippen molar-refractivity contribution in [3.63, 3.8) is 0 Å². The van der Waals surface area contributed by atoms with Gasteiger partial charge in [-0.15, -0.1) is 0 Å². The van der Waals surface area contributed by atoms with Crippen molar-refractivity contribution in [2.45, 2.75) is 26.2 Å². The number of aliphatic carboxylic acids is 1. The summed E-state index contributed by atoms with van der Waals surface area (Å²) in [6.45, 7) is 2.26. The molecule has 4 aromatic rings. The van der Waals surface area contributed by atoms with Gasteiger partial charge in [0.1, 0.15) is 0 Å². The van der Waals surface area contributed by atoms with Crippen LogP contribution in [0.2, 0.25) is 5.02 Å². The molecule has 0 spiro atoms. The first-order chi connectivity index (χ1) is 16.9. The summed E-state index contributed by atoms with van der Waals surface area (Å²) in [7, 11) is 0. The standard InChI is InChI=1S/C29H27ClN2O3/c1-19(29(34)35)16-23-18-32-27(26-5-3-2-4-25(23)26)17-21-6-10-22(11-7-21)28(33)31-15-14-20-8-12-24(30)13-9-20/h2-13,18-19H,14-17H2,1H3,(H,31,33)(H,34,35). The zero-order valence-corrected chi connectivity index (χ0v) is 20.3. The molecule has 0 fully saturated rings. The van der Waals surface area contributed by atoms with E-state index in [1.54, 1.807) is 13.1 Å². The molecule has 1 unspecified atom stereocenters. The maximum absolute atomic E-state index is 12.5. The predicted molar refractivity (Wildman–Crippen MR) is 139 cm³/mol. The molecule has 0 saturated carbocycles. The van der Waals surface area contributed by atoms with Crippen molar-refractivity contribution in [2.75, 3.05) is 6.54 Å². The maximum Gasteiger partial charge on any atom is 0.306 e. The van der Waals surface area contributed by atoms with Crippen LogP contribution in [0.4, 0.5) is 0 Å². The number of carbonyl (C=O) groups is 2. The third-order valence-corrected chi connectivity index (χ3v) is 6.36. The first-order valence-corrected chi connectivity index (χ1v) is 12.0. The van der Waals surface area contributed by atoms with Crippen molar-refractivity contribution in [1.29, 1.82) is 0 Å². The minimum Gasteiger partial charge on any atom is -0.481 e. The SMILES string of the molecule is CC(Cc1cnc(Cc2ccc(C(=O)NCCc3ccc(Cl)cc3)cc2)c2ccccc12)C(=O)O. The molecular weight excluding hydrogens is 460 g/mol. The van der Waals surface area contributed by atoms with Gasteiger partial charge in [-0.1, -0.05) is 67.1 Å². The number of pyridine rings is 1. The Kier molecular flexibility index (Phi) is 7.78. The first-order valence-electron chi connectivity index (χ1n) is 11.6. The highest BCUT2D eigenvalue weighted by atomic mass is 35.5. The van der Waals surface area contributed by atoms with Crippen LogP contribution < -0.4 is 5.32 Å². The smallest absolute Gasteiger partial charge is 0.306 e. The van der Waals surface area contributed by atoms with Crippen LogP contribution in [0, 0.1) is 5.92 Å². The molecule has 2 N–H and O–H groups in total. The molecule has 5 nitrogen and oxygen atoms in total. The van der Waals surface area contributed by atoms with Crippen LogP contribution in [0.5, 0.6) is 0 Å². The fourth-order valence-corrected chi connectivity index (χ4v) is 4.20. The number of amides is 1. The topological polar surface area (TPSA) is 79.3 Å². The zero-order valence-electron chi connectivity index (χ0n) is 19.5. The Balaban J connectivity index is 1.41. The lowest BCUT2D eigenvalue weighted by Gasteiger charge is -2.13. The summed E-state index contributed by atoms with van der Waals surface area (Å²) in [6.07, 6.45) is 3.58. The van der Waals surface area contributed by atoms with Crippen LogP contribution in [0.1, 0.15) is 39.7 Å². The van der Waals surface area contributed by atoms with E-state index < -0.39 is 11.9 Å². The van der Waals surface area contributed by atoms with Gasteiger partial charge in [0.25, 0.3) is 5.91 Å². The highest BCUT2D eigenvalue weighted by molar-refractivity contribution is 6.30. The molecule has 0 saturated heterocycles. The molecule has 0 radical (unpaired) electrons. The van der Waals surface area contributed by atoms with Crippen LogP contribution in [0.25, 0.3) is 10.8 Å². The molecule has 1 amide bonds. The van der Waals surface area contributed by atoms with E-state index in [1.165, 1.54) is 0 Å². The van der Waals surface area contributed by atoms with Crippen molar-refractivity contribution >= 4 is 34.2 Å². The molecule has 0 aliphatic heterocycles. The molecule has 1 atom stereocenters. The lowest BCUT2D eigenvalue weighted by atomic mass is 9.95. The maximum atomic E-state index is 12.5. The average molecular weight is 487 g/mol. The van der Waals surface area contributed by atoms with Crippen molar-refractivity contribution in [1.82, 2.24) is 10.3 Å². The normalized spacial score (nSPS) is 11.8. The number of aromatic nitrogens is 1. The van der Waals surface area contributed by atoms with Crippen molar-refractivity contribution in [2.24, 2.45) is 5.92 Å². The first kappa shape index (κ1) is 24.4. The number of hydrogen-bond acceptors (Lipinski definition) is 3. The van der Waals surface area contributed by atoms with Crippen molar-refractivity contribution in [3.05, 3.63) is 112 Å². The van der Waals surface area contributed by atoms with Crippen LogP contribution in [-0.4, -0.2) is 28.5 Å². The molecule has 1 aromatic heterocycles. The lowest BCUT2D eigenvalue weighted by molar-refractivity contribution is -0.141. The van der Waals surface area contributed by atoms with Gasteiger partial charge in [-0.05, 0) is 59.2 Å². The van der Waals surface area contributed by atoms with Gasteiger partial charge in [-0.3, -0.25) is 14.6 Å². The molecule has 6 heteroatoms. The van der Waals surface area contributed by atoms with E-state index >= 15 is 0 Å². The third kappa shape index (κ3) is 6.25. The second-order valence-electron chi connectivity index (χ2n) is 8.73. The number of rotatable bonds is 9. The minimum atomic E-state index is -0.813. The van der Waals surface area contributed by atoms with Gasteiger partial charge in [0, 0.05) is 35.1 Å². The van der Waals surface area contributed by atoms with E-state index in [9.17, 15) is 14.7 Å². The number of fused-ring (bicyclic) bond motifs is 1. The van der Waals surface area contributed by atoms with Gasteiger partial charge in [0.05, 0.1) is 11.6 Å². The molecule has 35 heavy (non-hydrogen) atoms. The van der Waals surface area contributed by atoms with Crippen LogP contribution in [0.15, 0.2) is 79.0 Å². The fourth-order valence-electron chi connectivity index (χ4n) is 4.07. The predicted octanol–water partition coefficient (Wildman–Crippen LogP) is 5.71. The Labute approximate surface area is 209 Å². The number of halogens is 1. The highest BCUT2D eigenvalue weighted by Gasteiger charge is 2.15. The Morgan fingerprint density at radius 2 is 1.60 bits per heavy atom. The average Bonchev–Trinajstić information content (AvgIpc) is 2.87. The molecule has 4 rings (SSSR count). The Bertz CT molecular complexity index is 1330. The zero-order chi connectivity index (χ0) is 24.8. The molecule has 1 heterocycles. The van der Waals surface area contributed by atoms with Crippen molar-refractivity contribution < 1.29 is 14.7 Å². The van der Waals surface area contributed by atoms with Gasteiger partial charge in [-0.25, -0.2) is 0 Å². The summed E-state index contributed by atoms with van der Waals surface area (Å²) in [6, 6.07) is 23.1. The molecule has 3 aromatic carbocycles. The largest absolute Gasteiger partial charge is 0.481 e. The van der Waals surface area contributed by atoms with Crippen molar-refractivity contribution in [3.8, 4) is 0 Å². The van der Waals surface area contributed by atoms with Gasteiger partial charge in [0.2, 0.25) is 0 Å². The Morgan fingerprint density at radius 3 is 2.29 bits per heavy atom. The summed E-state index contributed by atoms with van der Waals surface area (Å²) in [5.41, 5.74) is 4.64. The Hall–Kier alpha value is -3.70. The monoisotopic (exact) mass is 486 g/mol. The summed E-state index contributed by atoms with van der Waals surface area (Å²) in [5, 5.41) is 15.0. The number of carboxylic acids is 1. The van der Waals surface area contributed by atoms with Crippen LogP contribution in [0.3, 0.4) is 0 Å². The summed E-state index contributed by atoms with van der Waals surface area (Å²) in [4.78, 5) is 28.5. The summed E-state index contributed by atoms with van der Waals surface area (Å²) in [5.74, 6) is -1.39. The molecule has 0 aliphatic carbocycles. The van der Waals surface area contributed by atoms with Gasteiger partial charge in [0.15, 0.2) is 0 Å². The minimum absolute atomic E-state index is 0.106. The molecule has 0 bridgehead atoms. The highest BCUT2D eigenvalue weighted by Crippen LogP contribution is 2.25. The summed E-state index contributed by atoms with van der Waals surface area (Å²) < 4.78 is 0. The van der Waals surface area contributed by atoms with E-state index in [-0.39, 0.29) is 5.91 Å². The second-order valence-corrected chi connectivity index (χ2v) is 9.16. The van der Waals surface area contributed by atoms with E-state index in [0.29, 0.717) is 30.0 Å². The van der Waals surface area contributed by atoms with Gasteiger partial charge in [-0.2, -0.15) is 0 Å². The van der Waals surface area contributed by atoms with E-state index in [2.05, 4.69) is 10.3 Å². The molecule has 178 valence electrons. The van der Waals surface area contributed by atoms with Gasteiger partial charge < -0.3 is 10.4 Å².